The number of piperidine rings is 2. The Kier molecular flexibility index (Phi) is 4.86. The summed E-state index contributed by atoms with van der Waals surface area (Å²) >= 11 is 0. The normalized spacial score (nSPS) is 22.4. The first-order chi connectivity index (χ1) is 11.8. The second kappa shape index (κ2) is 6.78. The van der Waals surface area contributed by atoms with Gasteiger partial charge in [-0.25, -0.2) is 4.79 Å². The van der Waals surface area contributed by atoms with Gasteiger partial charge in [-0.2, -0.15) is 0 Å². The predicted octanol–water partition coefficient (Wildman–Crippen LogP) is 1.97. The Morgan fingerprint density at radius 1 is 1.32 bits per heavy atom. The van der Waals surface area contributed by atoms with E-state index in [0.717, 1.165) is 55.9 Å². The molecule has 1 aromatic heterocycles. The molecule has 3 rings (SSSR count). The second-order valence-corrected chi connectivity index (χ2v) is 7.61. The summed E-state index contributed by atoms with van der Waals surface area (Å²) < 4.78 is 5.24. The van der Waals surface area contributed by atoms with E-state index < -0.39 is 12.0 Å². The van der Waals surface area contributed by atoms with Gasteiger partial charge in [-0.1, -0.05) is 5.16 Å². The van der Waals surface area contributed by atoms with Crippen molar-refractivity contribution in [1.82, 2.24) is 15.0 Å². The number of nitrogens with zero attached hydrogens (tertiary/aromatic N) is 3. The zero-order valence-electron chi connectivity index (χ0n) is 15.2. The third kappa shape index (κ3) is 3.56. The van der Waals surface area contributed by atoms with Crippen LogP contribution in [0.5, 0.6) is 0 Å². The van der Waals surface area contributed by atoms with Crippen LogP contribution in [-0.4, -0.2) is 57.6 Å². The summed E-state index contributed by atoms with van der Waals surface area (Å²) in [7, 11) is 0. The van der Waals surface area contributed by atoms with E-state index in [1.54, 1.807) is 11.8 Å². The quantitative estimate of drug-likeness (QED) is 0.894. The van der Waals surface area contributed by atoms with Crippen LogP contribution in [0.2, 0.25) is 0 Å². The predicted molar refractivity (Wildman–Crippen MR) is 91.0 cm³/mol. The van der Waals surface area contributed by atoms with E-state index in [0.29, 0.717) is 13.0 Å². The molecular formula is C18H27N3O4. The molecule has 2 aliphatic heterocycles. The molecule has 3 heterocycles. The fourth-order valence-electron chi connectivity index (χ4n) is 4.08. The number of likely N-dealkylation sites (tertiary alicyclic amines) is 2. The van der Waals surface area contributed by atoms with E-state index in [-0.39, 0.29) is 11.3 Å². The van der Waals surface area contributed by atoms with Gasteiger partial charge in [0.2, 0.25) is 5.91 Å². The van der Waals surface area contributed by atoms with Crippen molar-refractivity contribution < 1.29 is 19.2 Å². The number of carbonyl (C=O) groups is 2. The minimum Gasteiger partial charge on any atom is -0.480 e. The molecule has 2 saturated heterocycles. The van der Waals surface area contributed by atoms with Crippen LogP contribution in [0.1, 0.15) is 49.6 Å². The van der Waals surface area contributed by atoms with E-state index in [4.69, 9.17) is 4.52 Å². The molecule has 0 saturated carbocycles. The van der Waals surface area contributed by atoms with E-state index in [1.165, 1.54) is 0 Å². The van der Waals surface area contributed by atoms with Crippen molar-refractivity contribution in [1.29, 1.82) is 0 Å². The maximum absolute atomic E-state index is 12.2. The maximum atomic E-state index is 12.2. The van der Waals surface area contributed by atoms with Crippen molar-refractivity contribution in [3.05, 3.63) is 17.0 Å². The fourth-order valence-corrected chi connectivity index (χ4v) is 4.08. The average Bonchev–Trinajstić information content (AvgIpc) is 2.90. The molecular weight excluding hydrogens is 322 g/mol. The number of carboxylic acids is 1. The first-order valence-corrected chi connectivity index (χ1v) is 8.98. The van der Waals surface area contributed by atoms with Crippen LogP contribution in [0.4, 0.5) is 0 Å². The van der Waals surface area contributed by atoms with E-state index in [1.807, 2.05) is 13.8 Å². The summed E-state index contributed by atoms with van der Waals surface area (Å²) in [6.45, 7) is 8.82. The first kappa shape index (κ1) is 17.9. The molecule has 2 aliphatic rings. The highest BCUT2D eigenvalue weighted by Gasteiger charge is 2.43. The smallest absolute Gasteiger partial charge is 0.326 e. The lowest BCUT2D eigenvalue weighted by molar-refractivity contribution is -0.155. The molecule has 0 unspecified atom stereocenters. The van der Waals surface area contributed by atoms with Gasteiger partial charge in [0.25, 0.3) is 0 Å². The van der Waals surface area contributed by atoms with Gasteiger partial charge in [-0.05, 0) is 58.5 Å². The molecule has 2 fully saturated rings. The third-order valence-electron chi connectivity index (χ3n) is 6.00. The Labute approximate surface area is 147 Å². The first-order valence-electron chi connectivity index (χ1n) is 8.98. The minimum atomic E-state index is -0.929. The van der Waals surface area contributed by atoms with Crippen LogP contribution in [0.15, 0.2) is 4.52 Å². The van der Waals surface area contributed by atoms with Gasteiger partial charge in [-0.15, -0.1) is 0 Å². The summed E-state index contributed by atoms with van der Waals surface area (Å²) in [4.78, 5) is 27.4. The van der Waals surface area contributed by atoms with Crippen LogP contribution in [0, 0.1) is 19.3 Å². The summed E-state index contributed by atoms with van der Waals surface area (Å²) in [6.07, 6.45) is 3.31. The van der Waals surface area contributed by atoms with Crippen LogP contribution >= 0.6 is 0 Å². The lowest BCUT2D eigenvalue weighted by atomic mass is 9.72. The Balaban J connectivity index is 1.62. The summed E-state index contributed by atoms with van der Waals surface area (Å²) in [6, 6.07) is -0.745. The standard InChI is InChI=1S/C18H27N3O4/c1-12-15(14(3)25-19-12)10-20-8-6-18(7-9-20)5-4-16(22)21(11-18)13(2)17(23)24/h13H,4-11H2,1-3H3,(H,23,24)/t13-/m1/s1. The van der Waals surface area contributed by atoms with Gasteiger partial charge in [0.05, 0.1) is 5.69 Å². The highest BCUT2D eigenvalue weighted by atomic mass is 16.5. The SMILES string of the molecule is Cc1noc(C)c1CN1CCC2(CCC(=O)N([C@H](C)C(=O)O)C2)CC1. The number of aliphatic carboxylic acids is 1. The number of aryl methyl sites for hydroxylation is 2. The number of carboxylic acid groups (broad SMARTS) is 1. The molecule has 25 heavy (non-hydrogen) atoms. The largest absolute Gasteiger partial charge is 0.480 e. The topological polar surface area (TPSA) is 86.9 Å². The molecule has 0 radical (unpaired) electrons. The Morgan fingerprint density at radius 3 is 2.56 bits per heavy atom. The number of carbonyl (C=O) groups excluding carboxylic acids is 1. The van der Waals surface area contributed by atoms with E-state index in [9.17, 15) is 14.7 Å². The molecule has 138 valence electrons. The van der Waals surface area contributed by atoms with Gasteiger partial charge >= 0.3 is 5.97 Å². The van der Waals surface area contributed by atoms with Crippen LogP contribution in [0.25, 0.3) is 0 Å². The Hall–Kier alpha value is -1.89. The number of hydrogen-bond acceptors (Lipinski definition) is 5. The number of aromatic nitrogens is 1. The third-order valence-corrected chi connectivity index (χ3v) is 6.00. The van der Waals surface area contributed by atoms with Gasteiger partial charge in [0, 0.05) is 25.1 Å². The van der Waals surface area contributed by atoms with Crippen molar-refractivity contribution >= 4 is 11.9 Å². The van der Waals surface area contributed by atoms with Gasteiger partial charge in [0.15, 0.2) is 0 Å². The average molecular weight is 349 g/mol. The maximum Gasteiger partial charge on any atom is 0.326 e. The molecule has 7 nitrogen and oxygen atoms in total. The molecule has 0 aliphatic carbocycles. The molecule has 1 spiro atoms. The number of amides is 1. The second-order valence-electron chi connectivity index (χ2n) is 7.61. The molecule has 7 heteroatoms. The zero-order chi connectivity index (χ0) is 18.2. The van der Waals surface area contributed by atoms with Crippen molar-refractivity contribution in [2.75, 3.05) is 19.6 Å². The molecule has 1 aromatic rings. The van der Waals surface area contributed by atoms with Crippen LogP contribution in [0.3, 0.4) is 0 Å². The minimum absolute atomic E-state index is 0.0290. The lowest BCUT2D eigenvalue weighted by Gasteiger charge is -2.48. The molecule has 1 atom stereocenters. The number of rotatable bonds is 4. The molecule has 1 N–H and O–H groups in total. The fraction of sp³-hybridized carbons (Fsp3) is 0.722. The van der Waals surface area contributed by atoms with E-state index >= 15 is 0 Å². The highest BCUT2D eigenvalue weighted by molar-refractivity contribution is 5.84. The van der Waals surface area contributed by atoms with Gasteiger partial charge in [-0.3, -0.25) is 9.69 Å². The lowest BCUT2D eigenvalue weighted by Crippen LogP contribution is -2.55. The van der Waals surface area contributed by atoms with Crippen molar-refractivity contribution in [2.24, 2.45) is 5.41 Å². The van der Waals surface area contributed by atoms with Crippen LogP contribution in [-0.2, 0) is 16.1 Å². The Bertz CT molecular complexity index is 642. The Morgan fingerprint density at radius 2 is 2.00 bits per heavy atom. The zero-order valence-corrected chi connectivity index (χ0v) is 15.2. The van der Waals surface area contributed by atoms with Crippen molar-refractivity contribution in [3.63, 3.8) is 0 Å². The summed E-state index contributed by atoms with van der Waals surface area (Å²) in [5, 5.41) is 13.3. The molecule has 0 bridgehead atoms. The number of hydrogen-bond donors (Lipinski definition) is 1. The molecule has 1 amide bonds. The highest BCUT2D eigenvalue weighted by Crippen LogP contribution is 2.41. The van der Waals surface area contributed by atoms with Crippen molar-refractivity contribution in [2.45, 2.75) is 59.0 Å². The summed E-state index contributed by atoms with van der Waals surface area (Å²) in [5.41, 5.74) is 2.17. The van der Waals surface area contributed by atoms with Crippen LogP contribution < -0.4 is 0 Å². The van der Waals surface area contributed by atoms with E-state index in [2.05, 4.69) is 10.1 Å². The van der Waals surface area contributed by atoms with Gasteiger partial charge in [0.1, 0.15) is 11.8 Å². The monoisotopic (exact) mass is 349 g/mol. The van der Waals surface area contributed by atoms with Gasteiger partial charge < -0.3 is 14.5 Å². The summed E-state index contributed by atoms with van der Waals surface area (Å²) in [5.74, 6) is -0.0811. The molecule has 0 aromatic carbocycles. The van der Waals surface area contributed by atoms with Crippen molar-refractivity contribution in [3.8, 4) is 0 Å².